The number of aromatic amines is 1. The molecule has 0 atom stereocenters. The molecule has 0 radical (unpaired) electrons. The summed E-state index contributed by atoms with van der Waals surface area (Å²) < 4.78 is 15.5. The van der Waals surface area contributed by atoms with Crippen LogP contribution in [0.1, 0.15) is 11.4 Å². The Morgan fingerprint density at radius 2 is 2.18 bits per heavy atom. The molecular formula is C11H12FN3OS. The van der Waals surface area contributed by atoms with Gasteiger partial charge in [0.05, 0.1) is 0 Å². The van der Waals surface area contributed by atoms with Crippen molar-refractivity contribution in [1.29, 1.82) is 0 Å². The molecule has 1 aromatic heterocycles. The second-order valence-electron chi connectivity index (χ2n) is 3.60. The third-order valence-electron chi connectivity index (χ3n) is 2.54. The zero-order valence-electron chi connectivity index (χ0n) is 9.06. The standard InChI is InChI=1S/C11H12FN3OS/c12-9-4-2-1-3-8(9)5-6-15-10(7-16)13-14-11(15)17/h1-4,16H,5-7H2,(H,14,17). The first-order chi connectivity index (χ1) is 8.22. The van der Waals surface area contributed by atoms with Crippen molar-refractivity contribution in [3.05, 3.63) is 46.2 Å². The Balaban J connectivity index is 2.15. The molecule has 2 aromatic rings. The second kappa shape index (κ2) is 5.20. The van der Waals surface area contributed by atoms with Crippen LogP contribution in [0, 0.1) is 10.6 Å². The van der Waals surface area contributed by atoms with Crippen LogP contribution in [0.3, 0.4) is 0 Å². The predicted molar refractivity (Wildman–Crippen MR) is 63.4 cm³/mol. The van der Waals surface area contributed by atoms with Crippen molar-refractivity contribution in [3.63, 3.8) is 0 Å². The normalized spacial score (nSPS) is 10.7. The Kier molecular flexibility index (Phi) is 3.65. The van der Waals surface area contributed by atoms with Gasteiger partial charge >= 0.3 is 0 Å². The average molecular weight is 253 g/mol. The van der Waals surface area contributed by atoms with Crippen molar-refractivity contribution in [2.45, 2.75) is 19.6 Å². The Bertz CT molecular complexity index is 564. The number of nitrogens with zero attached hydrogens (tertiary/aromatic N) is 2. The van der Waals surface area contributed by atoms with E-state index >= 15 is 0 Å². The van der Waals surface area contributed by atoms with Gasteiger partial charge in [-0.2, -0.15) is 5.10 Å². The Hall–Kier alpha value is -1.53. The molecule has 0 aliphatic rings. The third-order valence-corrected chi connectivity index (χ3v) is 2.85. The predicted octanol–water partition coefficient (Wildman–Crippen LogP) is 1.81. The lowest BCUT2D eigenvalue weighted by Crippen LogP contribution is -2.07. The maximum absolute atomic E-state index is 13.4. The molecule has 0 aliphatic heterocycles. The van der Waals surface area contributed by atoms with Crippen molar-refractivity contribution >= 4 is 12.2 Å². The van der Waals surface area contributed by atoms with Crippen molar-refractivity contribution in [2.75, 3.05) is 0 Å². The quantitative estimate of drug-likeness (QED) is 0.817. The molecule has 90 valence electrons. The van der Waals surface area contributed by atoms with Gasteiger partial charge < -0.3 is 9.67 Å². The monoisotopic (exact) mass is 253 g/mol. The number of aliphatic hydroxyl groups excluding tert-OH is 1. The van der Waals surface area contributed by atoms with E-state index in [1.807, 2.05) is 0 Å². The summed E-state index contributed by atoms with van der Waals surface area (Å²) in [5.74, 6) is 0.236. The highest BCUT2D eigenvalue weighted by Crippen LogP contribution is 2.09. The highest BCUT2D eigenvalue weighted by molar-refractivity contribution is 7.71. The van der Waals surface area contributed by atoms with E-state index in [-0.39, 0.29) is 12.4 Å². The summed E-state index contributed by atoms with van der Waals surface area (Å²) in [6.45, 7) is 0.302. The van der Waals surface area contributed by atoms with Gasteiger partial charge in [0, 0.05) is 6.54 Å². The lowest BCUT2D eigenvalue weighted by molar-refractivity contribution is 0.264. The van der Waals surface area contributed by atoms with Gasteiger partial charge in [-0.1, -0.05) is 18.2 Å². The van der Waals surface area contributed by atoms with E-state index in [0.717, 1.165) is 0 Å². The minimum absolute atomic E-state index is 0.190. The van der Waals surface area contributed by atoms with E-state index in [0.29, 0.717) is 29.1 Å². The van der Waals surface area contributed by atoms with Gasteiger partial charge in [-0.15, -0.1) is 0 Å². The highest BCUT2D eigenvalue weighted by Gasteiger charge is 2.06. The highest BCUT2D eigenvalue weighted by atomic mass is 32.1. The van der Waals surface area contributed by atoms with Crippen LogP contribution < -0.4 is 0 Å². The number of rotatable bonds is 4. The van der Waals surface area contributed by atoms with E-state index in [9.17, 15) is 4.39 Å². The zero-order valence-corrected chi connectivity index (χ0v) is 9.88. The number of hydrogen-bond donors (Lipinski definition) is 2. The van der Waals surface area contributed by atoms with Gasteiger partial charge in [0.25, 0.3) is 0 Å². The molecule has 17 heavy (non-hydrogen) atoms. The molecule has 0 saturated heterocycles. The summed E-state index contributed by atoms with van der Waals surface area (Å²) >= 11 is 5.03. The van der Waals surface area contributed by atoms with Crippen LogP contribution in [0.25, 0.3) is 0 Å². The third kappa shape index (κ3) is 2.59. The minimum atomic E-state index is -0.229. The van der Waals surface area contributed by atoms with Gasteiger partial charge in [-0.05, 0) is 30.3 Å². The number of benzene rings is 1. The first-order valence-corrected chi connectivity index (χ1v) is 5.61. The molecule has 0 unspecified atom stereocenters. The molecular weight excluding hydrogens is 241 g/mol. The van der Waals surface area contributed by atoms with Crippen molar-refractivity contribution in [2.24, 2.45) is 0 Å². The van der Waals surface area contributed by atoms with Crippen LogP contribution >= 0.6 is 12.2 Å². The lowest BCUT2D eigenvalue weighted by Gasteiger charge is -2.06. The van der Waals surface area contributed by atoms with Crippen LogP contribution in [0.15, 0.2) is 24.3 Å². The molecule has 2 rings (SSSR count). The topological polar surface area (TPSA) is 53.8 Å². The summed E-state index contributed by atoms with van der Waals surface area (Å²) in [5.41, 5.74) is 0.625. The Labute approximate surface area is 103 Å². The maximum atomic E-state index is 13.4. The van der Waals surface area contributed by atoms with Crippen molar-refractivity contribution < 1.29 is 9.50 Å². The van der Waals surface area contributed by atoms with E-state index < -0.39 is 0 Å². The SMILES string of the molecule is OCc1n[nH]c(=S)n1CCc1ccccc1F. The fourth-order valence-corrected chi connectivity index (χ4v) is 1.88. The summed E-state index contributed by atoms with van der Waals surface area (Å²) in [7, 11) is 0. The first-order valence-electron chi connectivity index (χ1n) is 5.20. The fourth-order valence-electron chi connectivity index (χ4n) is 1.63. The van der Waals surface area contributed by atoms with E-state index in [4.69, 9.17) is 17.3 Å². The Morgan fingerprint density at radius 1 is 1.41 bits per heavy atom. The van der Waals surface area contributed by atoms with Crippen LogP contribution in [-0.4, -0.2) is 19.9 Å². The molecule has 2 N–H and O–H groups in total. The van der Waals surface area contributed by atoms with E-state index in [1.165, 1.54) is 6.07 Å². The molecule has 6 heteroatoms. The van der Waals surface area contributed by atoms with Gasteiger partial charge in [-0.3, -0.25) is 5.10 Å². The summed E-state index contributed by atoms with van der Waals surface area (Å²) in [6, 6.07) is 6.61. The summed E-state index contributed by atoms with van der Waals surface area (Å²) in [4.78, 5) is 0. The van der Waals surface area contributed by atoms with Gasteiger partial charge in [0.1, 0.15) is 12.4 Å². The molecule has 0 amide bonds. The molecule has 1 heterocycles. The molecule has 0 spiro atoms. The second-order valence-corrected chi connectivity index (χ2v) is 3.98. The smallest absolute Gasteiger partial charge is 0.195 e. The lowest BCUT2D eigenvalue weighted by atomic mass is 10.1. The number of hydrogen-bond acceptors (Lipinski definition) is 3. The zero-order chi connectivity index (χ0) is 12.3. The van der Waals surface area contributed by atoms with Crippen molar-refractivity contribution in [3.8, 4) is 0 Å². The van der Waals surface area contributed by atoms with Gasteiger partial charge in [-0.25, -0.2) is 4.39 Å². The van der Waals surface area contributed by atoms with E-state index in [2.05, 4.69) is 10.2 Å². The molecule has 0 fully saturated rings. The largest absolute Gasteiger partial charge is 0.388 e. The van der Waals surface area contributed by atoms with Crippen LogP contribution in [0.2, 0.25) is 0 Å². The number of nitrogens with one attached hydrogen (secondary N) is 1. The number of H-pyrrole nitrogens is 1. The number of aliphatic hydroxyl groups is 1. The van der Waals surface area contributed by atoms with Crippen molar-refractivity contribution in [1.82, 2.24) is 14.8 Å². The van der Waals surface area contributed by atoms with Crippen LogP contribution in [-0.2, 0) is 19.6 Å². The average Bonchev–Trinajstić information content (AvgIpc) is 2.69. The summed E-state index contributed by atoms with van der Waals surface area (Å²) in [6.07, 6.45) is 0.507. The molecule has 0 aliphatic carbocycles. The molecule has 0 bridgehead atoms. The summed E-state index contributed by atoms with van der Waals surface area (Å²) in [5, 5.41) is 15.5. The minimum Gasteiger partial charge on any atom is -0.388 e. The maximum Gasteiger partial charge on any atom is 0.195 e. The van der Waals surface area contributed by atoms with Gasteiger partial charge in [0.2, 0.25) is 0 Å². The number of aromatic nitrogens is 3. The van der Waals surface area contributed by atoms with Crippen LogP contribution in [0.4, 0.5) is 4.39 Å². The fraction of sp³-hybridized carbons (Fsp3) is 0.273. The first kappa shape index (κ1) is 11.9. The molecule has 1 aromatic carbocycles. The number of aryl methyl sites for hydroxylation is 1. The molecule has 0 saturated carbocycles. The molecule has 4 nitrogen and oxygen atoms in total. The Morgan fingerprint density at radius 3 is 2.88 bits per heavy atom. The van der Waals surface area contributed by atoms with Gasteiger partial charge in [0.15, 0.2) is 10.6 Å². The van der Waals surface area contributed by atoms with Crippen LogP contribution in [0.5, 0.6) is 0 Å². The van der Waals surface area contributed by atoms with E-state index in [1.54, 1.807) is 22.8 Å². The number of halogens is 1.